The first kappa shape index (κ1) is 18.6. The highest BCUT2D eigenvalue weighted by molar-refractivity contribution is 4.82. The van der Waals surface area contributed by atoms with Crippen molar-refractivity contribution in [2.45, 2.75) is 46.0 Å². The standard InChI is InChI=1S/C20H38N4/c1-19-15-20(2)17-24(16-19)12-6-11-23-14-13-22(18-23)10-5-9-21-7-3-4-8-21/h19-20H,3-17H2,1-2H3. The number of nitrogens with zero attached hydrogens (tertiary/aromatic N) is 4. The highest BCUT2D eigenvalue weighted by atomic mass is 15.4. The molecule has 2 atom stereocenters. The molecular formula is C20H38N4. The van der Waals surface area contributed by atoms with Gasteiger partial charge in [0.25, 0.3) is 0 Å². The van der Waals surface area contributed by atoms with Crippen molar-refractivity contribution in [3.05, 3.63) is 6.67 Å². The molecule has 0 amide bonds. The molecule has 3 saturated heterocycles. The first-order chi connectivity index (χ1) is 11.7. The monoisotopic (exact) mass is 334 g/mol. The maximum atomic E-state index is 3.60. The Bertz CT molecular complexity index is 346. The Kier molecular flexibility index (Phi) is 7.38. The fourth-order valence-corrected chi connectivity index (χ4v) is 4.82. The summed E-state index contributed by atoms with van der Waals surface area (Å²) in [6.45, 7) is 21.0. The highest BCUT2D eigenvalue weighted by Gasteiger charge is 2.23. The van der Waals surface area contributed by atoms with Crippen LogP contribution in [0.15, 0.2) is 0 Å². The Morgan fingerprint density at radius 2 is 1.25 bits per heavy atom. The Morgan fingerprint density at radius 1 is 0.708 bits per heavy atom. The Morgan fingerprint density at radius 3 is 1.83 bits per heavy atom. The molecule has 4 nitrogen and oxygen atoms in total. The zero-order chi connectivity index (χ0) is 16.8. The zero-order valence-corrected chi connectivity index (χ0v) is 16.1. The molecule has 24 heavy (non-hydrogen) atoms. The zero-order valence-electron chi connectivity index (χ0n) is 16.1. The maximum Gasteiger partial charge on any atom is 0.146 e. The lowest BCUT2D eigenvalue weighted by atomic mass is 9.92. The molecule has 3 aliphatic heterocycles. The van der Waals surface area contributed by atoms with Gasteiger partial charge in [-0.2, -0.15) is 0 Å². The molecule has 0 aromatic carbocycles. The number of rotatable bonds is 8. The van der Waals surface area contributed by atoms with Crippen LogP contribution >= 0.6 is 0 Å². The van der Waals surface area contributed by atoms with Crippen LogP contribution < -0.4 is 0 Å². The number of piperidine rings is 1. The molecule has 2 unspecified atom stereocenters. The van der Waals surface area contributed by atoms with Crippen LogP contribution in [-0.4, -0.2) is 85.0 Å². The van der Waals surface area contributed by atoms with Gasteiger partial charge in [0.1, 0.15) is 6.67 Å². The molecule has 0 spiro atoms. The lowest BCUT2D eigenvalue weighted by molar-refractivity contribution is 0.135. The molecule has 3 fully saturated rings. The largest absolute Gasteiger partial charge is 0.303 e. The normalized spacial score (nSPS) is 31.2. The molecule has 4 heteroatoms. The Balaban J connectivity index is 1.23. The highest BCUT2D eigenvalue weighted by Crippen LogP contribution is 2.21. The van der Waals surface area contributed by atoms with Crippen molar-refractivity contribution in [3.63, 3.8) is 0 Å². The third kappa shape index (κ3) is 5.98. The first-order valence-electron chi connectivity index (χ1n) is 10.4. The number of hydrogen-bond donors (Lipinski definition) is 0. The van der Waals surface area contributed by atoms with Crippen molar-refractivity contribution < 1.29 is 0 Å². The summed E-state index contributed by atoms with van der Waals surface area (Å²) in [6.07, 6.45) is 6.81. The van der Waals surface area contributed by atoms with Gasteiger partial charge in [-0.1, -0.05) is 13.8 Å². The summed E-state index contributed by atoms with van der Waals surface area (Å²) in [5, 5.41) is 0. The summed E-state index contributed by atoms with van der Waals surface area (Å²) in [7, 11) is 0. The smallest absolute Gasteiger partial charge is 0.146 e. The maximum absolute atomic E-state index is 3.60. The van der Waals surface area contributed by atoms with Crippen molar-refractivity contribution >= 4 is 0 Å². The van der Waals surface area contributed by atoms with Gasteiger partial charge in [0, 0.05) is 39.3 Å². The van der Waals surface area contributed by atoms with Gasteiger partial charge >= 0.3 is 0 Å². The second-order valence-corrected chi connectivity index (χ2v) is 8.54. The van der Waals surface area contributed by atoms with E-state index < -0.39 is 0 Å². The van der Waals surface area contributed by atoms with Crippen molar-refractivity contribution in [1.29, 1.82) is 0 Å². The van der Waals surface area contributed by atoms with E-state index in [1.54, 1.807) is 0 Å². The number of likely N-dealkylation sites (tertiary alicyclic amines) is 2. The summed E-state index contributed by atoms with van der Waals surface area (Å²) < 4.78 is 0. The molecule has 0 saturated carbocycles. The van der Waals surface area contributed by atoms with Crippen LogP contribution in [0, 0.1) is 18.5 Å². The van der Waals surface area contributed by atoms with E-state index >= 15 is 0 Å². The fourth-order valence-electron chi connectivity index (χ4n) is 4.82. The molecule has 3 heterocycles. The van der Waals surface area contributed by atoms with Crippen LogP contribution in [0.2, 0.25) is 0 Å². The minimum absolute atomic E-state index is 0.879. The molecule has 0 aliphatic carbocycles. The molecule has 0 aromatic rings. The number of hydrogen-bond acceptors (Lipinski definition) is 4. The van der Waals surface area contributed by atoms with Crippen LogP contribution in [0.3, 0.4) is 0 Å². The van der Waals surface area contributed by atoms with E-state index in [-0.39, 0.29) is 0 Å². The lowest BCUT2D eigenvalue weighted by Gasteiger charge is -2.35. The predicted octanol–water partition coefficient (Wildman–Crippen LogP) is 2.45. The van der Waals surface area contributed by atoms with Gasteiger partial charge in [-0.15, -0.1) is 0 Å². The van der Waals surface area contributed by atoms with Crippen LogP contribution in [-0.2, 0) is 0 Å². The van der Waals surface area contributed by atoms with Gasteiger partial charge in [-0.3, -0.25) is 9.80 Å². The minimum atomic E-state index is 0.879. The quantitative estimate of drug-likeness (QED) is 0.676. The third-order valence-corrected chi connectivity index (χ3v) is 5.87. The van der Waals surface area contributed by atoms with E-state index in [9.17, 15) is 0 Å². The van der Waals surface area contributed by atoms with Crippen molar-refractivity contribution in [2.75, 3.05) is 65.4 Å². The van der Waals surface area contributed by atoms with E-state index in [0.717, 1.165) is 11.8 Å². The molecular weight excluding hydrogens is 296 g/mol. The van der Waals surface area contributed by atoms with Gasteiger partial charge < -0.3 is 9.80 Å². The van der Waals surface area contributed by atoms with Crippen LogP contribution in [0.1, 0.15) is 46.0 Å². The fraction of sp³-hybridized carbons (Fsp3) is 0.950. The summed E-state index contributed by atoms with van der Waals surface area (Å²) in [5.74, 6) is 1.76. The van der Waals surface area contributed by atoms with Gasteiger partial charge in [0.15, 0.2) is 0 Å². The van der Waals surface area contributed by atoms with Gasteiger partial charge in [0.2, 0.25) is 0 Å². The van der Waals surface area contributed by atoms with Gasteiger partial charge in [-0.05, 0) is 70.1 Å². The molecule has 138 valence electrons. The summed E-state index contributed by atoms with van der Waals surface area (Å²) >= 11 is 0. The molecule has 2 radical (unpaired) electrons. The van der Waals surface area contributed by atoms with Gasteiger partial charge in [-0.25, -0.2) is 0 Å². The average molecular weight is 335 g/mol. The second kappa shape index (κ2) is 9.51. The molecule has 0 aromatic heterocycles. The van der Waals surface area contributed by atoms with Crippen molar-refractivity contribution in [1.82, 2.24) is 19.6 Å². The first-order valence-corrected chi connectivity index (χ1v) is 10.4. The topological polar surface area (TPSA) is 13.0 Å². The third-order valence-electron chi connectivity index (χ3n) is 5.87. The van der Waals surface area contributed by atoms with Crippen molar-refractivity contribution in [3.8, 4) is 0 Å². The molecule has 0 bridgehead atoms. The Labute approximate surface area is 150 Å². The van der Waals surface area contributed by atoms with E-state index in [0.29, 0.717) is 0 Å². The second-order valence-electron chi connectivity index (χ2n) is 8.54. The minimum Gasteiger partial charge on any atom is -0.303 e. The predicted molar refractivity (Wildman–Crippen MR) is 101 cm³/mol. The summed E-state index contributed by atoms with van der Waals surface area (Å²) in [5.41, 5.74) is 0. The Hall–Kier alpha value is -0.160. The van der Waals surface area contributed by atoms with E-state index in [2.05, 4.69) is 40.1 Å². The van der Waals surface area contributed by atoms with Crippen molar-refractivity contribution in [2.24, 2.45) is 11.8 Å². The molecule has 3 aliphatic rings. The van der Waals surface area contributed by atoms with E-state index in [1.165, 1.54) is 97.6 Å². The van der Waals surface area contributed by atoms with Crippen LogP contribution in [0.25, 0.3) is 0 Å². The van der Waals surface area contributed by atoms with Gasteiger partial charge in [0.05, 0.1) is 0 Å². The van der Waals surface area contributed by atoms with E-state index in [4.69, 9.17) is 0 Å². The summed E-state index contributed by atoms with van der Waals surface area (Å²) in [4.78, 5) is 10.1. The lowest BCUT2D eigenvalue weighted by Crippen LogP contribution is -2.40. The summed E-state index contributed by atoms with van der Waals surface area (Å²) in [6, 6.07) is 0. The SMILES string of the molecule is CC1CC(C)CN(CCCN2[C]N(CCCN3CCCC3)CC2)C1. The molecule has 0 N–H and O–H groups in total. The average Bonchev–Trinajstić information content (AvgIpc) is 3.18. The van der Waals surface area contributed by atoms with Crippen LogP contribution in [0.5, 0.6) is 0 Å². The van der Waals surface area contributed by atoms with E-state index in [1.807, 2.05) is 0 Å². The molecule has 3 rings (SSSR count). The van der Waals surface area contributed by atoms with Crippen LogP contribution in [0.4, 0.5) is 0 Å².